The highest BCUT2D eigenvalue weighted by atomic mass is 32.2. The molecule has 0 aliphatic rings. The number of aryl methyl sites for hydroxylation is 2. The van der Waals surface area contributed by atoms with Crippen molar-refractivity contribution in [1.82, 2.24) is 14.8 Å². The zero-order valence-electron chi connectivity index (χ0n) is 21.4. The summed E-state index contributed by atoms with van der Waals surface area (Å²) in [6.45, 7) is 8.54. The number of methoxy groups -OCH3 is 1. The predicted molar refractivity (Wildman–Crippen MR) is 151 cm³/mol. The van der Waals surface area contributed by atoms with Gasteiger partial charge in [-0.1, -0.05) is 60.3 Å². The molecule has 196 valence electrons. The number of thiophene rings is 1. The maximum Gasteiger partial charge on any atom is 0.341 e. The molecule has 4 aromatic rings. The highest BCUT2D eigenvalue weighted by Gasteiger charge is 2.23. The van der Waals surface area contributed by atoms with Crippen LogP contribution in [0.2, 0.25) is 0 Å². The number of carbonyl (C=O) groups is 2. The summed E-state index contributed by atoms with van der Waals surface area (Å²) in [5.41, 5.74) is 4.06. The van der Waals surface area contributed by atoms with E-state index < -0.39 is 5.97 Å². The Labute approximate surface area is 229 Å². The van der Waals surface area contributed by atoms with Crippen LogP contribution < -0.4 is 10.1 Å². The number of allylic oxidation sites excluding steroid dienone is 1. The van der Waals surface area contributed by atoms with E-state index >= 15 is 0 Å². The van der Waals surface area contributed by atoms with Crippen LogP contribution in [0.4, 0.5) is 5.00 Å². The van der Waals surface area contributed by atoms with Crippen LogP contribution in [0.15, 0.2) is 71.7 Å². The fraction of sp³-hybridized carbons (Fsp3) is 0.214. The van der Waals surface area contributed by atoms with Gasteiger partial charge in [0.1, 0.15) is 22.9 Å². The van der Waals surface area contributed by atoms with Crippen molar-refractivity contribution in [3.8, 4) is 16.9 Å². The van der Waals surface area contributed by atoms with E-state index in [2.05, 4.69) is 22.1 Å². The minimum atomic E-state index is -0.507. The van der Waals surface area contributed by atoms with Crippen LogP contribution in [-0.2, 0) is 22.7 Å². The molecule has 1 N–H and O–H groups in total. The van der Waals surface area contributed by atoms with Gasteiger partial charge in [-0.3, -0.25) is 9.36 Å². The average molecular weight is 549 g/mol. The summed E-state index contributed by atoms with van der Waals surface area (Å²) in [6.07, 6.45) is 1.74. The maximum atomic E-state index is 12.9. The second kappa shape index (κ2) is 12.6. The van der Waals surface area contributed by atoms with Crippen molar-refractivity contribution in [3.05, 3.63) is 89.1 Å². The molecule has 0 aliphatic heterocycles. The van der Waals surface area contributed by atoms with E-state index in [0.717, 1.165) is 22.4 Å². The Morgan fingerprint density at radius 1 is 1.16 bits per heavy atom. The van der Waals surface area contributed by atoms with Gasteiger partial charge in [-0.15, -0.1) is 28.1 Å². The first-order valence-corrected chi connectivity index (χ1v) is 13.7. The molecule has 0 atom stereocenters. The first-order valence-electron chi connectivity index (χ1n) is 11.8. The number of anilines is 1. The zero-order valence-corrected chi connectivity index (χ0v) is 23.0. The van der Waals surface area contributed by atoms with Crippen LogP contribution in [0.1, 0.15) is 27.3 Å². The van der Waals surface area contributed by atoms with Crippen molar-refractivity contribution in [3.63, 3.8) is 0 Å². The fourth-order valence-electron chi connectivity index (χ4n) is 3.73. The van der Waals surface area contributed by atoms with E-state index in [0.29, 0.717) is 33.7 Å². The fourth-order valence-corrected chi connectivity index (χ4v) is 5.47. The summed E-state index contributed by atoms with van der Waals surface area (Å²) in [6, 6.07) is 15.5. The monoisotopic (exact) mass is 548 g/mol. The lowest BCUT2D eigenvalue weighted by molar-refractivity contribution is -0.113. The van der Waals surface area contributed by atoms with Gasteiger partial charge in [-0.2, -0.15) is 0 Å². The predicted octanol–water partition coefficient (Wildman–Crippen LogP) is 5.91. The number of carbonyl (C=O) groups excluding carboxylic acids is 2. The Hall–Kier alpha value is -3.89. The molecule has 2 aromatic heterocycles. The number of hydrogen-bond donors (Lipinski definition) is 1. The number of amides is 1. The molecule has 2 heterocycles. The van der Waals surface area contributed by atoms with Gasteiger partial charge in [0.25, 0.3) is 0 Å². The molecule has 4 rings (SSSR count). The first kappa shape index (κ1) is 27.2. The van der Waals surface area contributed by atoms with E-state index in [4.69, 9.17) is 9.47 Å². The zero-order chi connectivity index (χ0) is 27.1. The lowest BCUT2D eigenvalue weighted by Gasteiger charge is -2.11. The molecule has 0 spiro atoms. The van der Waals surface area contributed by atoms with Crippen molar-refractivity contribution in [2.24, 2.45) is 0 Å². The van der Waals surface area contributed by atoms with Crippen molar-refractivity contribution in [2.75, 3.05) is 18.2 Å². The molecule has 0 unspecified atom stereocenters. The number of aromatic nitrogens is 3. The van der Waals surface area contributed by atoms with E-state index in [-0.39, 0.29) is 18.3 Å². The summed E-state index contributed by atoms with van der Waals surface area (Å²) < 4.78 is 12.9. The number of rotatable bonds is 11. The van der Waals surface area contributed by atoms with Crippen molar-refractivity contribution < 1.29 is 19.1 Å². The Bertz CT molecular complexity index is 1450. The van der Waals surface area contributed by atoms with Crippen LogP contribution in [-0.4, -0.2) is 39.5 Å². The van der Waals surface area contributed by atoms with Gasteiger partial charge in [0.05, 0.1) is 12.9 Å². The number of esters is 1. The van der Waals surface area contributed by atoms with Crippen LogP contribution in [0.25, 0.3) is 11.1 Å². The molecule has 0 radical (unpaired) electrons. The smallest absolute Gasteiger partial charge is 0.341 e. The molecule has 0 saturated carbocycles. The minimum absolute atomic E-state index is 0.0757. The number of thioether (sulfide) groups is 1. The topological polar surface area (TPSA) is 95.3 Å². The van der Waals surface area contributed by atoms with E-state index in [1.165, 1.54) is 30.2 Å². The lowest BCUT2D eigenvalue weighted by atomic mass is 10.0. The van der Waals surface area contributed by atoms with Crippen LogP contribution in [0.5, 0.6) is 5.75 Å². The first-order chi connectivity index (χ1) is 18.4. The molecular weight excluding hydrogens is 520 g/mol. The molecule has 10 heteroatoms. The Morgan fingerprint density at radius 3 is 2.68 bits per heavy atom. The van der Waals surface area contributed by atoms with E-state index in [1.807, 2.05) is 72.3 Å². The normalized spacial score (nSPS) is 10.7. The van der Waals surface area contributed by atoms with Gasteiger partial charge in [0.2, 0.25) is 5.91 Å². The van der Waals surface area contributed by atoms with Crippen molar-refractivity contribution >= 4 is 40.0 Å². The molecule has 2 aromatic carbocycles. The van der Waals surface area contributed by atoms with Gasteiger partial charge in [0.15, 0.2) is 11.0 Å². The number of ether oxygens (including phenoxy) is 2. The number of nitrogens with zero attached hydrogens (tertiary/aromatic N) is 3. The Kier molecular flexibility index (Phi) is 8.98. The SMILES string of the molecule is C=CCn1c(COc2cc(C)ccc2C)nnc1SCC(=O)Nc1scc(-c2ccccc2)c1C(=O)OC. The molecule has 0 saturated heterocycles. The molecular formula is C28H28N4O4S2. The van der Waals surface area contributed by atoms with Crippen LogP contribution in [0.3, 0.4) is 0 Å². The largest absolute Gasteiger partial charge is 0.485 e. The van der Waals surface area contributed by atoms with Crippen molar-refractivity contribution in [1.29, 1.82) is 0 Å². The molecule has 0 fully saturated rings. The van der Waals surface area contributed by atoms with Crippen molar-refractivity contribution in [2.45, 2.75) is 32.2 Å². The summed E-state index contributed by atoms with van der Waals surface area (Å²) in [5, 5.41) is 14.3. The highest BCUT2D eigenvalue weighted by molar-refractivity contribution is 7.99. The Morgan fingerprint density at radius 2 is 1.95 bits per heavy atom. The Balaban J connectivity index is 1.45. The number of hydrogen-bond acceptors (Lipinski definition) is 8. The molecule has 1 amide bonds. The maximum absolute atomic E-state index is 12.9. The lowest BCUT2D eigenvalue weighted by Crippen LogP contribution is -2.16. The third kappa shape index (κ3) is 6.32. The summed E-state index contributed by atoms with van der Waals surface area (Å²) in [7, 11) is 1.32. The summed E-state index contributed by atoms with van der Waals surface area (Å²) in [4.78, 5) is 25.4. The van der Waals surface area contributed by atoms with Gasteiger partial charge in [-0.05, 0) is 36.6 Å². The van der Waals surface area contributed by atoms with Gasteiger partial charge in [0, 0.05) is 17.5 Å². The highest BCUT2D eigenvalue weighted by Crippen LogP contribution is 2.36. The minimum Gasteiger partial charge on any atom is -0.485 e. The second-order valence-corrected chi connectivity index (χ2v) is 10.2. The summed E-state index contributed by atoms with van der Waals surface area (Å²) >= 11 is 2.53. The quantitative estimate of drug-likeness (QED) is 0.142. The molecule has 8 nitrogen and oxygen atoms in total. The molecule has 0 bridgehead atoms. The van der Waals surface area contributed by atoms with Gasteiger partial charge >= 0.3 is 5.97 Å². The van der Waals surface area contributed by atoms with E-state index in [9.17, 15) is 9.59 Å². The second-order valence-electron chi connectivity index (χ2n) is 8.40. The third-order valence-corrected chi connectivity index (χ3v) is 7.52. The van der Waals surface area contributed by atoms with Gasteiger partial charge < -0.3 is 14.8 Å². The standard InChI is InChI=1S/C28H28N4O4S2/c1-5-13-32-23(15-36-22-14-18(2)11-12-19(22)3)30-31-28(32)38-17-24(33)29-26-25(27(34)35-4)21(16-37-26)20-9-7-6-8-10-20/h5-12,14,16H,1,13,15,17H2,2-4H3,(H,29,33). The van der Waals surface area contributed by atoms with E-state index in [1.54, 1.807) is 6.08 Å². The number of nitrogens with one attached hydrogen (secondary N) is 1. The molecule has 38 heavy (non-hydrogen) atoms. The average Bonchev–Trinajstić information content (AvgIpc) is 3.52. The van der Waals surface area contributed by atoms with Gasteiger partial charge in [-0.25, -0.2) is 4.79 Å². The van der Waals surface area contributed by atoms with Crippen LogP contribution >= 0.6 is 23.1 Å². The third-order valence-electron chi connectivity index (χ3n) is 5.66. The number of benzene rings is 2. The van der Waals surface area contributed by atoms with Crippen LogP contribution in [0, 0.1) is 13.8 Å². The molecule has 0 aliphatic carbocycles. The summed E-state index contributed by atoms with van der Waals surface area (Å²) in [5.74, 6) is 0.716.